The van der Waals surface area contributed by atoms with E-state index in [4.69, 9.17) is 9.47 Å². The minimum Gasteiger partial charge on any atom is -0.497 e. The molecule has 0 saturated heterocycles. The molecule has 3 aromatic rings. The quantitative estimate of drug-likeness (QED) is 0.520. The maximum Gasteiger partial charge on any atom is 0.270 e. The van der Waals surface area contributed by atoms with E-state index in [1.165, 1.54) is 11.8 Å². The number of hydrogen-bond donors (Lipinski definition) is 1. The molecule has 2 aromatic carbocycles. The third-order valence-corrected chi connectivity index (χ3v) is 4.45. The molecule has 1 aromatic heterocycles. The van der Waals surface area contributed by atoms with Gasteiger partial charge in [0.15, 0.2) is 5.16 Å². The molecule has 0 spiro atoms. The number of nitriles is 1. The van der Waals surface area contributed by atoms with Crippen molar-refractivity contribution in [3.63, 3.8) is 0 Å². The molecule has 0 amide bonds. The summed E-state index contributed by atoms with van der Waals surface area (Å²) in [6.45, 7) is 0.314. The lowest BCUT2D eigenvalue weighted by molar-refractivity contribution is 0.306. The van der Waals surface area contributed by atoms with Crippen LogP contribution in [0.5, 0.6) is 11.5 Å². The van der Waals surface area contributed by atoms with E-state index in [-0.39, 0.29) is 5.56 Å². The first-order valence-electron chi connectivity index (χ1n) is 8.09. The maximum absolute atomic E-state index is 12.2. The number of nitrogens with zero attached hydrogens (tertiary/aromatic N) is 2. The highest BCUT2D eigenvalue weighted by Gasteiger charge is 2.17. The second-order valence-electron chi connectivity index (χ2n) is 5.55. The molecule has 1 N–H and O–H groups in total. The van der Waals surface area contributed by atoms with E-state index in [2.05, 4.69) is 9.97 Å². The summed E-state index contributed by atoms with van der Waals surface area (Å²) < 4.78 is 11.2. The number of para-hydroxylation sites is 1. The number of hydrogen-bond acceptors (Lipinski definition) is 6. The van der Waals surface area contributed by atoms with E-state index in [0.717, 1.165) is 11.3 Å². The van der Waals surface area contributed by atoms with Crippen LogP contribution in [0.2, 0.25) is 0 Å². The van der Waals surface area contributed by atoms with E-state index in [0.29, 0.717) is 28.8 Å². The Balaban J connectivity index is 1.99. The fourth-order valence-electron chi connectivity index (χ4n) is 2.56. The summed E-state index contributed by atoms with van der Waals surface area (Å²) in [5, 5.41) is 9.85. The molecular formula is C20H17N3O3S. The molecule has 0 fully saturated rings. The minimum atomic E-state index is -0.463. The van der Waals surface area contributed by atoms with Crippen molar-refractivity contribution in [2.24, 2.45) is 0 Å². The van der Waals surface area contributed by atoms with Gasteiger partial charge >= 0.3 is 0 Å². The van der Waals surface area contributed by atoms with Crippen molar-refractivity contribution in [1.29, 1.82) is 5.26 Å². The second-order valence-corrected chi connectivity index (χ2v) is 6.34. The van der Waals surface area contributed by atoms with Gasteiger partial charge in [-0.25, -0.2) is 4.98 Å². The Morgan fingerprint density at radius 1 is 1.22 bits per heavy atom. The Kier molecular flexibility index (Phi) is 5.79. The summed E-state index contributed by atoms with van der Waals surface area (Å²) in [5.41, 5.74) is 1.35. The highest BCUT2D eigenvalue weighted by Crippen LogP contribution is 2.31. The Morgan fingerprint density at radius 3 is 2.78 bits per heavy atom. The monoisotopic (exact) mass is 379 g/mol. The lowest BCUT2D eigenvalue weighted by Crippen LogP contribution is -2.15. The lowest BCUT2D eigenvalue weighted by Gasteiger charge is -2.13. The van der Waals surface area contributed by atoms with Crippen molar-refractivity contribution < 1.29 is 9.47 Å². The molecule has 27 heavy (non-hydrogen) atoms. The van der Waals surface area contributed by atoms with Gasteiger partial charge in [-0.15, -0.1) is 0 Å². The Labute approximate surface area is 160 Å². The van der Waals surface area contributed by atoms with Crippen LogP contribution >= 0.6 is 11.8 Å². The average molecular weight is 379 g/mol. The van der Waals surface area contributed by atoms with Crippen LogP contribution < -0.4 is 15.0 Å². The summed E-state index contributed by atoms with van der Waals surface area (Å²) in [5.74, 6) is 1.29. The van der Waals surface area contributed by atoms with Gasteiger partial charge in [0.05, 0.1) is 7.11 Å². The van der Waals surface area contributed by atoms with Crippen molar-refractivity contribution in [3.8, 4) is 28.8 Å². The van der Waals surface area contributed by atoms with E-state index < -0.39 is 5.56 Å². The summed E-state index contributed by atoms with van der Waals surface area (Å²) >= 11 is 1.30. The topological polar surface area (TPSA) is 88.0 Å². The van der Waals surface area contributed by atoms with E-state index in [1.807, 2.05) is 42.5 Å². The zero-order valence-corrected chi connectivity index (χ0v) is 15.7. The zero-order chi connectivity index (χ0) is 19.2. The van der Waals surface area contributed by atoms with Gasteiger partial charge in [-0.05, 0) is 36.1 Å². The number of ether oxygens (including phenoxy) is 2. The highest BCUT2D eigenvalue weighted by molar-refractivity contribution is 7.98. The van der Waals surface area contributed by atoms with Crippen molar-refractivity contribution in [1.82, 2.24) is 9.97 Å². The third kappa shape index (κ3) is 4.13. The van der Waals surface area contributed by atoms with Gasteiger partial charge in [-0.2, -0.15) is 5.26 Å². The van der Waals surface area contributed by atoms with Crippen LogP contribution in [0.3, 0.4) is 0 Å². The van der Waals surface area contributed by atoms with Crippen molar-refractivity contribution in [2.75, 3.05) is 13.4 Å². The summed E-state index contributed by atoms with van der Waals surface area (Å²) in [4.78, 5) is 19.2. The van der Waals surface area contributed by atoms with Gasteiger partial charge < -0.3 is 14.5 Å². The van der Waals surface area contributed by atoms with Crippen LogP contribution in [-0.4, -0.2) is 23.3 Å². The molecule has 1 heterocycles. The molecule has 0 aliphatic rings. The number of methoxy groups -OCH3 is 1. The first kappa shape index (κ1) is 18.5. The molecule has 0 atom stereocenters. The largest absolute Gasteiger partial charge is 0.497 e. The average Bonchev–Trinajstić information content (AvgIpc) is 2.72. The van der Waals surface area contributed by atoms with Gasteiger partial charge in [-0.3, -0.25) is 4.79 Å². The van der Waals surface area contributed by atoms with Gasteiger partial charge in [0.25, 0.3) is 5.56 Å². The Hall–Kier alpha value is -3.24. The fourth-order valence-corrected chi connectivity index (χ4v) is 2.94. The molecular weight excluding hydrogens is 362 g/mol. The first-order chi connectivity index (χ1) is 13.2. The van der Waals surface area contributed by atoms with E-state index >= 15 is 0 Å². The third-order valence-electron chi connectivity index (χ3n) is 3.87. The molecule has 6 nitrogen and oxygen atoms in total. The highest BCUT2D eigenvalue weighted by atomic mass is 32.2. The molecule has 0 aliphatic heterocycles. The summed E-state index contributed by atoms with van der Waals surface area (Å²) in [7, 11) is 1.61. The van der Waals surface area contributed by atoms with Crippen LogP contribution in [0, 0.1) is 11.3 Å². The number of H-pyrrole nitrogens is 1. The van der Waals surface area contributed by atoms with E-state index in [9.17, 15) is 10.1 Å². The van der Waals surface area contributed by atoms with Crippen LogP contribution in [0.25, 0.3) is 11.3 Å². The molecule has 3 rings (SSSR count). The molecule has 0 unspecified atom stereocenters. The predicted molar refractivity (Wildman–Crippen MR) is 104 cm³/mol. The number of aromatic nitrogens is 2. The smallest absolute Gasteiger partial charge is 0.270 e. The SMILES string of the molecule is COc1cccc(COc2ccccc2-c2nc(SC)[nH]c(=O)c2C#N)c1. The molecule has 136 valence electrons. The minimum absolute atomic E-state index is 0.0368. The summed E-state index contributed by atoms with van der Waals surface area (Å²) in [6, 6.07) is 16.7. The standard InChI is InChI=1S/C20H17N3O3S/c1-25-14-7-5-6-13(10-14)12-26-17-9-4-3-8-15(17)18-16(11-21)19(24)23-20(22-18)27-2/h3-10H,12H2,1-2H3,(H,22,23,24). The number of nitrogens with one attached hydrogen (secondary N) is 1. The second kappa shape index (κ2) is 8.43. The Bertz CT molecular complexity index is 1060. The Morgan fingerprint density at radius 2 is 2.04 bits per heavy atom. The number of rotatable bonds is 6. The van der Waals surface area contributed by atoms with Crippen LogP contribution in [0.1, 0.15) is 11.1 Å². The molecule has 0 aliphatic carbocycles. The van der Waals surface area contributed by atoms with Crippen molar-refractivity contribution in [2.45, 2.75) is 11.8 Å². The number of benzene rings is 2. The van der Waals surface area contributed by atoms with Crippen LogP contribution in [0.15, 0.2) is 58.5 Å². The van der Waals surface area contributed by atoms with Gasteiger partial charge in [0.1, 0.15) is 35.4 Å². The predicted octanol–water partition coefficient (Wildman–Crippen LogP) is 3.62. The molecule has 0 bridgehead atoms. The number of aromatic amines is 1. The first-order valence-corrected chi connectivity index (χ1v) is 9.32. The zero-order valence-electron chi connectivity index (χ0n) is 14.9. The van der Waals surface area contributed by atoms with Crippen molar-refractivity contribution >= 4 is 11.8 Å². The van der Waals surface area contributed by atoms with E-state index in [1.54, 1.807) is 25.5 Å². The fraction of sp³-hybridized carbons (Fsp3) is 0.150. The van der Waals surface area contributed by atoms with Gasteiger partial charge in [0.2, 0.25) is 0 Å². The lowest BCUT2D eigenvalue weighted by atomic mass is 10.1. The maximum atomic E-state index is 12.2. The molecule has 7 heteroatoms. The van der Waals surface area contributed by atoms with Gasteiger partial charge in [0, 0.05) is 5.56 Å². The van der Waals surface area contributed by atoms with Crippen LogP contribution in [0.4, 0.5) is 0 Å². The molecule has 0 radical (unpaired) electrons. The summed E-state index contributed by atoms with van der Waals surface area (Å²) in [6.07, 6.45) is 1.80. The van der Waals surface area contributed by atoms with Crippen LogP contribution in [-0.2, 0) is 6.61 Å². The van der Waals surface area contributed by atoms with Gasteiger partial charge in [-0.1, -0.05) is 36.0 Å². The normalized spacial score (nSPS) is 10.3. The number of thioether (sulfide) groups is 1. The van der Waals surface area contributed by atoms with Crippen molar-refractivity contribution in [3.05, 3.63) is 70.0 Å². The molecule has 0 saturated carbocycles.